The van der Waals surface area contributed by atoms with E-state index in [1.807, 2.05) is 24.3 Å². The Bertz CT molecular complexity index is 1090. The smallest absolute Gasteiger partial charge is 0.170 e. The van der Waals surface area contributed by atoms with E-state index in [2.05, 4.69) is 40.4 Å². The third-order valence-electron chi connectivity index (χ3n) is 4.28. The van der Waals surface area contributed by atoms with Crippen molar-refractivity contribution in [3.8, 4) is 0 Å². The van der Waals surface area contributed by atoms with Crippen molar-refractivity contribution >= 4 is 29.0 Å². The summed E-state index contributed by atoms with van der Waals surface area (Å²) in [5.41, 5.74) is 4.90. The van der Waals surface area contributed by atoms with Gasteiger partial charge >= 0.3 is 0 Å². The third-order valence-corrected chi connectivity index (χ3v) is 5.33. The van der Waals surface area contributed by atoms with Gasteiger partial charge in [-0.2, -0.15) is 0 Å². The minimum absolute atomic E-state index is 0.217. The van der Waals surface area contributed by atoms with Crippen LogP contribution in [0.2, 0.25) is 0 Å². The number of halogens is 1. The molecule has 0 N–H and O–H groups in total. The average molecular weight is 375 g/mol. The molecule has 2 aromatic carbocycles. The third kappa shape index (κ3) is 3.93. The molecule has 5 heteroatoms. The molecule has 0 unspecified atom stereocenters. The van der Waals surface area contributed by atoms with Gasteiger partial charge in [0.1, 0.15) is 11.3 Å². The summed E-state index contributed by atoms with van der Waals surface area (Å²) < 4.78 is 15.6. The highest BCUT2D eigenvalue weighted by atomic mass is 32.2. The second kappa shape index (κ2) is 7.76. The van der Waals surface area contributed by atoms with Gasteiger partial charge in [0, 0.05) is 11.9 Å². The Kier molecular flexibility index (Phi) is 5.03. The summed E-state index contributed by atoms with van der Waals surface area (Å²) in [5, 5.41) is 0.876. The zero-order valence-corrected chi connectivity index (χ0v) is 15.5. The highest BCUT2D eigenvalue weighted by Gasteiger charge is 2.13. The van der Waals surface area contributed by atoms with Crippen LogP contribution in [0.1, 0.15) is 16.7 Å². The van der Waals surface area contributed by atoms with Crippen LogP contribution in [0, 0.1) is 5.82 Å². The number of benzene rings is 2. The highest BCUT2D eigenvalue weighted by Crippen LogP contribution is 2.27. The molecule has 0 bridgehead atoms. The standard InChI is InChI=1S/C22H18FN3S/c1-2-16-8-10-17(11-9-16)14-26-21-20(7-4-12-24-21)25-22(26)27-15-18-5-3-6-19(23)13-18/h2-13H,1,14-15H2. The predicted molar refractivity (Wildman–Crippen MR) is 109 cm³/mol. The molecule has 0 atom stereocenters. The molecule has 4 rings (SSSR count). The monoisotopic (exact) mass is 375 g/mol. The van der Waals surface area contributed by atoms with E-state index < -0.39 is 0 Å². The Morgan fingerprint density at radius 1 is 1.04 bits per heavy atom. The number of rotatable bonds is 6. The van der Waals surface area contributed by atoms with Gasteiger partial charge in [0.15, 0.2) is 10.8 Å². The summed E-state index contributed by atoms with van der Waals surface area (Å²) in [6.07, 6.45) is 3.61. The van der Waals surface area contributed by atoms with E-state index in [1.54, 1.807) is 30.1 Å². The number of pyridine rings is 1. The Morgan fingerprint density at radius 3 is 2.67 bits per heavy atom. The lowest BCUT2D eigenvalue weighted by Gasteiger charge is -2.09. The van der Waals surface area contributed by atoms with E-state index in [9.17, 15) is 4.39 Å². The number of aromatic nitrogens is 3. The molecule has 0 saturated heterocycles. The van der Waals surface area contributed by atoms with Crippen LogP contribution in [0.25, 0.3) is 17.2 Å². The first-order chi connectivity index (χ1) is 13.2. The average Bonchev–Trinajstić information content (AvgIpc) is 3.05. The van der Waals surface area contributed by atoms with E-state index in [0.29, 0.717) is 12.3 Å². The number of fused-ring (bicyclic) bond motifs is 1. The maximum Gasteiger partial charge on any atom is 0.170 e. The summed E-state index contributed by atoms with van der Waals surface area (Å²) in [6.45, 7) is 4.47. The molecular weight excluding hydrogens is 357 g/mol. The summed E-state index contributed by atoms with van der Waals surface area (Å²) in [4.78, 5) is 9.25. The summed E-state index contributed by atoms with van der Waals surface area (Å²) in [6, 6.07) is 18.8. The summed E-state index contributed by atoms with van der Waals surface area (Å²) >= 11 is 1.59. The van der Waals surface area contributed by atoms with Gasteiger partial charge in [0.05, 0.1) is 6.54 Å². The van der Waals surface area contributed by atoms with Crippen molar-refractivity contribution in [3.05, 3.63) is 95.9 Å². The van der Waals surface area contributed by atoms with Crippen molar-refractivity contribution in [2.75, 3.05) is 0 Å². The van der Waals surface area contributed by atoms with E-state index in [4.69, 9.17) is 4.98 Å². The second-order valence-electron chi connectivity index (χ2n) is 6.19. The second-order valence-corrected chi connectivity index (χ2v) is 7.13. The Hall–Kier alpha value is -2.92. The topological polar surface area (TPSA) is 30.7 Å². The van der Waals surface area contributed by atoms with Crippen LogP contribution in [0.4, 0.5) is 4.39 Å². The van der Waals surface area contributed by atoms with Crippen molar-refractivity contribution in [3.63, 3.8) is 0 Å². The minimum Gasteiger partial charge on any atom is -0.299 e. The zero-order chi connectivity index (χ0) is 18.6. The van der Waals surface area contributed by atoms with Gasteiger partial charge in [0.2, 0.25) is 0 Å². The molecule has 0 aliphatic heterocycles. The Labute approximate surface area is 161 Å². The SMILES string of the molecule is C=Cc1ccc(Cn2c(SCc3cccc(F)c3)nc3cccnc32)cc1. The van der Waals surface area contributed by atoms with Crippen molar-refractivity contribution in [2.45, 2.75) is 17.5 Å². The lowest BCUT2D eigenvalue weighted by Crippen LogP contribution is -2.02. The van der Waals surface area contributed by atoms with Crippen LogP contribution in [-0.2, 0) is 12.3 Å². The molecule has 0 aliphatic carbocycles. The number of hydrogen-bond donors (Lipinski definition) is 0. The minimum atomic E-state index is -0.217. The molecule has 2 aromatic heterocycles. The lowest BCUT2D eigenvalue weighted by molar-refractivity contribution is 0.626. The molecule has 27 heavy (non-hydrogen) atoms. The summed E-state index contributed by atoms with van der Waals surface area (Å²) in [7, 11) is 0. The predicted octanol–water partition coefficient (Wildman–Crippen LogP) is 5.55. The van der Waals surface area contributed by atoms with Crippen LogP contribution in [0.15, 0.2) is 78.6 Å². The summed E-state index contributed by atoms with van der Waals surface area (Å²) in [5.74, 6) is 0.432. The molecule has 0 radical (unpaired) electrons. The zero-order valence-electron chi connectivity index (χ0n) is 14.7. The van der Waals surface area contributed by atoms with Gasteiger partial charge in [-0.15, -0.1) is 0 Å². The number of imidazole rings is 1. The molecule has 0 spiro atoms. The quantitative estimate of drug-likeness (QED) is 0.414. The molecule has 0 saturated carbocycles. The molecule has 4 aromatic rings. The normalized spacial score (nSPS) is 11.0. The molecule has 134 valence electrons. The van der Waals surface area contributed by atoms with Crippen molar-refractivity contribution in [2.24, 2.45) is 0 Å². The first-order valence-corrected chi connectivity index (χ1v) is 9.61. The number of nitrogens with zero attached hydrogens (tertiary/aromatic N) is 3. The van der Waals surface area contributed by atoms with Crippen LogP contribution in [0.3, 0.4) is 0 Å². The van der Waals surface area contributed by atoms with Crippen LogP contribution in [-0.4, -0.2) is 14.5 Å². The first kappa shape index (κ1) is 17.5. The maximum absolute atomic E-state index is 13.4. The van der Waals surface area contributed by atoms with Gasteiger partial charge < -0.3 is 0 Å². The van der Waals surface area contributed by atoms with Crippen molar-refractivity contribution in [1.29, 1.82) is 0 Å². The number of hydrogen-bond acceptors (Lipinski definition) is 3. The fraction of sp³-hybridized carbons (Fsp3) is 0.0909. The molecule has 0 amide bonds. The van der Waals surface area contributed by atoms with Gasteiger partial charge in [-0.05, 0) is 41.0 Å². The van der Waals surface area contributed by atoms with Crippen molar-refractivity contribution in [1.82, 2.24) is 14.5 Å². The lowest BCUT2D eigenvalue weighted by atomic mass is 10.1. The van der Waals surface area contributed by atoms with Crippen LogP contribution >= 0.6 is 11.8 Å². The van der Waals surface area contributed by atoms with Crippen LogP contribution < -0.4 is 0 Å². The Balaban J connectivity index is 1.65. The molecular formula is C22H18FN3S. The fourth-order valence-corrected chi connectivity index (χ4v) is 3.85. The molecule has 0 fully saturated rings. The molecule has 0 aliphatic rings. The van der Waals surface area contributed by atoms with E-state index in [1.165, 1.54) is 6.07 Å². The fourth-order valence-electron chi connectivity index (χ4n) is 2.91. The van der Waals surface area contributed by atoms with E-state index >= 15 is 0 Å². The van der Waals surface area contributed by atoms with E-state index in [-0.39, 0.29) is 5.82 Å². The maximum atomic E-state index is 13.4. The van der Waals surface area contributed by atoms with Gasteiger partial charge in [-0.3, -0.25) is 4.57 Å². The van der Waals surface area contributed by atoms with Gasteiger partial charge in [0.25, 0.3) is 0 Å². The Morgan fingerprint density at radius 2 is 1.89 bits per heavy atom. The van der Waals surface area contributed by atoms with Crippen LogP contribution in [0.5, 0.6) is 0 Å². The van der Waals surface area contributed by atoms with Gasteiger partial charge in [-0.1, -0.05) is 60.8 Å². The molecule has 2 heterocycles. The molecule has 3 nitrogen and oxygen atoms in total. The first-order valence-electron chi connectivity index (χ1n) is 8.63. The van der Waals surface area contributed by atoms with Crippen molar-refractivity contribution < 1.29 is 4.39 Å². The van der Waals surface area contributed by atoms with Gasteiger partial charge in [-0.25, -0.2) is 14.4 Å². The number of thioether (sulfide) groups is 1. The van der Waals surface area contributed by atoms with E-state index in [0.717, 1.165) is 33.0 Å². The largest absolute Gasteiger partial charge is 0.299 e. The highest BCUT2D eigenvalue weighted by molar-refractivity contribution is 7.98.